The van der Waals surface area contributed by atoms with Crippen LogP contribution in [0.2, 0.25) is 0 Å². The first kappa shape index (κ1) is 25.9. The van der Waals surface area contributed by atoms with Gasteiger partial charge in [0.05, 0.1) is 5.69 Å². The summed E-state index contributed by atoms with van der Waals surface area (Å²) >= 11 is 0. The van der Waals surface area contributed by atoms with E-state index in [4.69, 9.17) is 9.47 Å². The van der Waals surface area contributed by atoms with Crippen LogP contribution in [0.4, 0.5) is 4.79 Å². The van der Waals surface area contributed by atoms with Crippen LogP contribution in [0.15, 0.2) is 91.1 Å². The Kier molecular flexibility index (Phi) is 7.36. The lowest BCUT2D eigenvalue weighted by Gasteiger charge is -2.34. The molecule has 7 heteroatoms. The molecule has 1 heterocycles. The van der Waals surface area contributed by atoms with E-state index >= 15 is 0 Å². The number of carbonyl (C=O) groups excluding carboxylic acids is 2. The van der Waals surface area contributed by atoms with E-state index in [2.05, 4.69) is 10.00 Å². The van der Waals surface area contributed by atoms with Gasteiger partial charge in [0.1, 0.15) is 18.5 Å². The predicted octanol–water partition coefficient (Wildman–Crippen LogP) is 6.37. The Morgan fingerprint density at radius 2 is 1.62 bits per heavy atom. The Morgan fingerprint density at radius 3 is 2.33 bits per heavy atom. The largest absolute Gasteiger partial charge is 0.486 e. The van der Waals surface area contributed by atoms with Gasteiger partial charge in [0, 0.05) is 23.8 Å². The van der Waals surface area contributed by atoms with E-state index in [1.165, 1.54) is 4.68 Å². The molecular formula is C33H33N3O4. The molecule has 0 spiro atoms. The summed E-state index contributed by atoms with van der Waals surface area (Å²) in [5.74, 6) is 0.785. The number of aryl methyl sites for hydroxylation is 1. The van der Waals surface area contributed by atoms with Gasteiger partial charge in [0.2, 0.25) is 0 Å². The summed E-state index contributed by atoms with van der Waals surface area (Å²) in [5, 5.41) is 4.50. The summed E-state index contributed by atoms with van der Waals surface area (Å²) < 4.78 is 12.9. The Bertz CT molecular complexity index is 1460. The zero-order chi connectivity index (χ0) is 27.5. The molecule has 3 aromatic carbocycles. The van der Waals surface area contributed by atoms with E-state index in [9.17, 15) is 9.59 Å². The highest BCUT2D eigenvalue weighted by Gasteiger charge is 2.39. The second kappa shape index (κ2) is 11.4. The van der Waals surface area contributed by atoms with Gasteiger partial charge in [-0.1, -0.05) is 60.7 Å². The van der Waals surface area contributed by atoms with Crippen LogP contribution < -0.4 is 4.74 Å². The molecule has 1 unspecified atom stereocenters. The monoisotopic (exact) mass is 535 g/mol. The molecule has 204 valence electrons. The molecule has 6 rings (SSSR count). The maximum atomic E-state index is 13.7. The highest BCUT2D eigenvalue weighted by molar-refractivity contribution is 5.95. The Hall–Kier alpha value is -4.39. The molecule has 0 aliphatic heterocycles. The summed E-state index contributed by atoms with van der Waals surface area (Å²) in [4.78, 5) is 28.4. The lowest BCUT2D eigenvalue weighted by molar-refractivity contribution is 0.0642. The number of carbonyl (C=O) groups is 2. The molecule has 1 amide bonds. The number of hydrogen-bond donors (Lipinski definition) is 0. The van der Waals surface area contributed by atoms with Crippen molar-refractivity contribution in [3.05, 3.63) is 119 Å². The van der Waals surface area contributed by atoms with Gasteiger partial charge >= 0.3 is 6.09 Å². The minimum Gasteiger partial charge on any atom is -0.486 e. The first-order valence-electron chi connectivity index (χ1n) is 14.0. The second-order valence-corrected chi connectivity index (χ2v) is 10.6. The van der Waals surface area contributed by atoms with Gasteiger partial charge in [0.15, 0.2) is 0 Å². The number of benzene rings is 3. The van der Waals surface area contributed by atoms with Crippen molar-refractivity contribution < 1.29 is 19.1 Å². The quantitative estimate of drug-likeness (QED) is 0.262. The highest BCUT2D eigenvalue weighted by atomic mass is 16.6. The molecule has 2 aliphatic carbocycles. The van der Waals surface area contributed by atoms with Crippen molar-refractivity contribution in [2.24, 2.45) is 0 Å². The molecule has 0 saturated heterocycles. The first-order valence-corrected chi connectivity index (χ1v) is 14.0. The van der Waals surface area contributed by atoms with E-state index in [1.807, 2.05) is 91.9 Å². The van der Waals surface area contributed by atoms with E-state index in [-0.39, 0.29) is 30.7 Å². The Balaban J connectivity index is 1.10. The third-order valence-corrected chi connectivity index (χ3v) is 7.69. The molecule has 0 radical (unpaired) electrons. The summed E-state index contributed by atoms with van der Waals surface area (Å²) in [5.41, 5.74) is 4.61. The van der Waals surface area contributed by atoms with Crippen molar-refractivity contribution in [3.8, 4) is 5.75 Å². The number of amides is 1. The maximum absolute atomic E-state index is 13.7. The van der Waals surface area contributed by atoms with E-state index in [0.29, 0.717) is 12.0 Å². The average molecular weight is 536 g/mol. The minimum atomic E-state index is -0.492. The first-order chi connectivity index (χ1) is 19.5. The fraction of sp³-hybridized carbons (Fsp3) is 0.303. The summed E-state index contributed by atoms with van der Waals surface area (Å²) in [6.45, 7) is 2.22. The SMILES string of the molecule is C[C@@H](Oc1ccc(C(=O)N(C2CC2)C2CCc3nn(C(=O)OCc4ccccc4)cc3C2)cc1)c1ccccc1. The number of aromatic nitrogens is 2. The topological polar surface area (TPSA) is 73.7 Å². The predicted molar refractivity (Wildman–Crippen MR) is 151 cm³/mol. The van der Waals surface area contributed by atoms with Gasteiger partial charge in [-0.25, -0.2) is 4.79 Å². The second-order valence-electron chi connectivity index (χ2n) is 10.6. The van der Waals surface area contributed by atoms with Crippen LogP contribution in [0, 0.1) is 0 Å². The molecule has 1 aromatic heterocycles. The fourth-order valence-corrected chi connectivity index (χ4v) is 5.41. The van der Waals surface area contributed by atoms with Crippen molar-refractivity contribution in [1.29, 1.82) is 0 Å². The molecule has 2 aliphatic rings. The Morgan fingerprint density at radius 1 is 0.925 bits per heavy atom. The molecule has 40 heavy (non-hydrogen) atoms. The summed E-state index contributed by atoms with van der Waals surface area (Å²) in [6.07, 6.45) is 5.46. The molecule has 0 N–H and O–H groups in total. The van der Waals surface area contributed by atoms with Crippen LogP contribution >= 0.6 is 0 Å². The smallest absolute Gasteiger partial charge is 0.435 e. The molecule has 1 fully saturated rings. The van der Waals surface area contributed by atoms with Gasteiger partial charge in [-0.05, 0) is 80.0 Å². The maximum Gasteiger partial charge on any atom is 0.435 e. The molecule has 4 aromatic rings. The minimum absolute atomic E-state index is 0.0493. The van der Waals surface area contributed by atoms with Crippen molar-refractivity contribution in [2.75, 3.05) is 0 Å². The van der Waals surface area contributed by atoms with Crippen LogP contribution in [-0.4, -0.2) is 38.8 Å². The summed E-state index contributed by atoms with van der Waals surface area (Å²) in [6, 6.07) is 27.5. The van der Waals surface area contributed by atoms with Gasteiger partial charge < -0.3 is 14.4 Å². The van der Waals surface area contributed by atoms with Crippen LogP contribution in [0.25, 0.3) is 0 Å². The van der Waals surface area contributed by atoms with E-state index in [1.54, 1.807) is 6.20 Å². The number of hydrogen-bond acceptors (Lipinski definition) is 5. The van der Waals surface area contributed by atoms with Crippen LogP contribution in [0.5, 0.6) is 5.75 Å². The molecule has 0 bridgehead atoms. The zero-order valence-corrected chi connectivity index (χ0v) is 22.6. The van der Waals surface area contributed by atoms with Crippen LogP contribution in [0.1, 0.15) is 65.0 Å². The van der Waals surface area contributed by atoms with Crippen LogP contribution in [-0.2, 0) is 24.2 Å². The van der Waals surface area contributed by atoms with Gasteiger partial charge in [-0.3, -0.25) is 4.79 Å². The van der Waals surface area contributed by atoms with E-state index < -0.39 is 6.09 Å². The number of rotatable bonds is 8. The van der Waals surface area contributed by atoms with Crippen molar-refractivity contribution >= 4 is 12.0 Å². The number of nitrogens with zero attached hydrogens (tertiary/aromatic N) is 3. The standard InChI is InChI=1S/C33H33N3O4/c1-23(25-10-6-3-7-11-25)40-30-17-12-26(13-18-30)32(37)36(28-14-15-28)29-16-19-31-27(20-29)21-35(34-31)33(38)39-22-24-8-4-2-5-9-24/h2-13,17-18,21,23,28-29H,14-16,19-20,22H2,1H3/t23-,29?/m1/s1. The molecule has 2 atom stereocenters. The Labute approximate surface area is 234 Å². The van der Waals surface area contributed by atoms with Crippen molar-refractivity contribution in [3.63, 3.8) is 0 Å². The third kappa shape index (κ3) is 5.78. The lowest BCUT2D eigenvalue weighted by Crippen LogP contribution is -2.44. The molecular weight excluding hydrogens is 502 g/mol. The fourth-order valence-electron chi connectivity index (χ4n) is 5.41. The highest BCUT2D eigenvalue weighted by Crippen LogP contribution is 2.35. The normalized spacial score (nSPS) is 17.0. The van der Waals surface area contributed by atoms with Gasteiger partial charge in [-0.2, -0.15) is 9.78 Å². The lowest BCUT2D eigenvalue weighted by atomic mass is 9.91. The van der Waals surface area contributed by atoms with Crippen molar-refractivity contribution in [1.82, 2.24) is 14.7 Å². The third-order valence-electron chi connectivity index (χ3n) is 7.69. The number of fused-ring (bicyclic) bond motifs is 1. The van der Waals surface area contributed by atoms with Crippen LogP contribution in [0.3, 0.4) is 0 Å². The van der Waals surface area contributed by atoms with Crippen molar-refractivity contribution in [2.45, 2.75) is 63.8 Å². The molecule has 7 nitrogen and oxygen atoms in total. The average Bonchev–Trinajstić information content (AvgIpc) is 3.74. The van der Waals surface area contributed by atoms with Gasteiger partial charge in [-0.15, -0.1) is 0 Å². The number of ether oxygens (including phenoxy) is 2. The van der Waals surface area contributed by atoms with E-state index in [0.717, 1.165) is 53.8 Å². The molecule has 1 saturated carbocycles. The van der Waals surface area contributed by atoms with Gasteiger partial charge in [0.25, 0.3) is 5.91 Å². The zero-order valence-electron chi connectivity index (χ0n) is 22.6. The summed E-state index contributed by atoms with van der Waals surface area (Å²) in [7, 11) is 0.